The molecule has 2 N–H and O–H groups in total. The Kier molecular flexibility index (Phi) is 5.64. The van der Waals surface area contributed by atoms with Crippen LogP contribution in [0, 0.1) is 13.8 Å². The molecule has 0 aromatic heterocycles. The van der Waals surface area contributed by atoms with Crippen molar-refractivity contribution in [2.45, 2.75) is 20.3 Å². The lowest BCUT2D eigenvalue weighted by atomic mass is 10.1. The van der Waals surface area contributed by atoms with Gasteiger partial charge < -0.3 is 15.2 Å². The minimum atomic E-state index is 0.522. The summed E-state index contributed by atoms with van der Waals surface area (Å²) in [6.07, 6.45) is 0.827. The van der Waals surface area contributed by atoms with Crippen molar-refractivity contribution < 1.29 is 9.47 Å². The predicted molar refractivity (Wildman–Crippen MR) is 86.1 cm³/mol. The second-order valence-corrected chi connectivity index (χ2v) is 5.17. The highest BCUT2D eigenvalue weighted by Crippen LogP contribution is 2.19. The zero-order chi connectivity index (χ0) is 15.1. The van der Waals surface area contributed by atoms with Crippen LogP contribution in [0.2, 0.25) is 0 Å². The highest BCUT2D eigenvalue weighted by atomic mass is 16.5. The van der Waals surface area contributed by atoms with E-state index in [0.29, 0.717) is 19.8 Å². The molecule has 2 aromatic rings. The van der Waals surface area contributed by atoms with E-state index < -0.39 is 0 Å². The van der Waals surface area contributed by atoms with Gasteiger partial charge in [0.15, 0.2) is 0 Å². The maximum Gasteiger partial charge on any atom is 0.122 e. The van der Waals surface area contributed by atoms with Gasteiger partial charge in [-0.2, -0.15) is 0 Å². The van der Waals surface area contributed by atoms with Crippen molar-refractivity contribution in [1.29, 1.82) is 0 Å². The normalized spacial score (nSPS) is 10.4. The lowest BCUT2D eigenvalue weighted by Crippen LogP contribution is -2.11. The van der Waals surface area contributed by atoms with Gasteiger partial charge >= 0.3 is 0 Å². The van der Waals surface area contributed by atoms with Crippen LogP contribution in [0.15, 0.2) is 42.5 Å². The van der Waals surface area contributed by atoms with Gasteiger partial charge in [0, 0.05) is 0 Å². The third kappa shape index (κ3) is 4.80. The molecule has 0 unspecified atom stereocenters. The molecule has 112 valence electrons. The van der Waals surface area contributed by atoms with Crippen molar-refractivity contribution in [3.05, 3.63) is 59.2 Å². The molecule has 2 aromatic carbocycles. The highest BCUT2D eigenvalue weighted by Gasteiger charge is 2.02. The van der Waals surface area contributed by atoms with E-state index >= 15 is 0 Å². The SMILES string of the molecule is Cc1cc(C)cc(OCCOc2ccccc2CCN)c1. The van der Waals surface area contributed by atoms with Crippen molar-refractivity contribution in [3.63, 3.8) is 0 Å². The van der Waals surface area contributed by atoms with E-state index in [1.54, 1.807) is 0 Å². The topological polar surface area (TPSA) is 44.5 Å². The number of rotatable bonds is 7. The average Bonchev–Trinajstić information content (AvgIpc) is 2.44. The van der Waals surface area contributed by atoms with Crippen molar-refractivity contribution in [2.24, 2.45) is 5.73 Å². The number of hydrogen-bond acceptors (Lipinski definition) is 3. The van der Waals surface area contributed by atoms with E-state index in [-0.39, 0.29) is 0 Å². The van der Waals surface area contributed by atoms with Crippen LogP contribution in [0.3, 0.4) is 0 Å². The Bertz CT molecular complexity index is 561. The van der Waals surface area contributed by atoms with E-state index in [4.69, 9.17) is 15.2 Å². The molecule has 0 atom stereocenters. The third-order valence-electron chi connectivity index (χ3n) is 3.19. The zero-order valence-electron chi connectivity index (χ0n) is 12.8. The Hall–Kier alpha value is -2.00. The molecular weight excluding hydrogens is 262 g/mol. The van der Waals surface area contributed by atoms with Gasteiger partial charge in [-0.05, 0) is 61.7 Å². The second-order valence-electron chi connectivity index (χ2n) is 5.17. The Labute approximate surface area is 126 Å². The maximum atomic E-state index is 5.79. The minimum absolute atomic E-state index is 0.522. The van der Waals surface area contributed by atoms with Crippen LogP contribution in [-0.2, 0) is 6.42 Å². The van der Waals surface area contributed by atoms with Crippen molar-refractivity contribution in [2.75, 3.05) is 19.8 Å². The summed E-state index contributed by atoms with van der Waals surface area (Å²) in [4.78, 5) is 0. The van der Waals surface area contributed by atoms with E-state index in [1.807, 2.05) is 36.4 Å². The van der Waals surface area contributed by atoms with Gasteiger partial charge in [-0.15, -0.1) is 0 Å². The summed E-state index contributed by atoms with van der Waals surface area (Å²) in [5.74, 6) is 1.79. The summed E-state index contributed by atoms with van der Waals surface area (Å²) >= 11 is 0. The van der Waals surface area contributed by atoms with Crippen LogP contribution in [0.4, 0.5) is 0 Å². The number of nitrogens with two attached hydrogens (primary N) is 1. The number of ether oxygens (including phenoxy) is 2. The quantitative estimate of drug-likeness (QED) is 0.794. The lowest BCUT2D eigenvalue weighted by molar-refractivity contribution is 0.216. The molecule has 0 amide bonds. The monoisotopic (exact) mass is 285 g/mol. The molecule has 3 nitrogen and oxygen atoms in total. The maximum absolute atomic E-state index is 5.79. The molecule has 0 aliphatic rings. The first kappa shape index (κ1) is 15.4. The van der Waals surface area contributed by atoms with Crippen LogP contribution < -0.4 is 15.2 Å². The molecule has 21 heavy (non-hydrogen) atoms. The number of hydrogen-bond donors (Lipinski definition) is 1. The largest absolute Gasteiger partial charge is 0.490 e. The summed E-state index contributed by atoms with van der Waals surface area (Å²) in [6, 6.07) is 14.2. The molecule has 2 rings (SSSR count). The molecular formula is C18H23NO2. The first-order valence-corrected chi connectivity index (χ1v) is 7.31. The van der Waals surface area contributed by atoms with E-state index in [2.05, 4.69) is 19.9 Å². The van der Waals surface area contributed by atoms with Crippen molar-refractivity contribution in [3.8, 4) is 11.5 Å². The van der Waals surface area contributed by atoms with E-state index in [9.17, 15) is 0 Å². The molecule has 3 heteroatoms. The van der Waals surface area contributed by atoms with Gasteiger partial charge in [-0.25, -0.2) is 0 Å². The fraction of sp³-hybridized carbons (Fsp3) is 0.333. The van der Waals surface area contributed by atoms with E-state index in [1.165, 1.54) is 11.1 Å². The number of benzene rings is 2. The fourth-order valence-corrected chi connectivity index (χ4v) is 2.33. The van der Waals surface area contributed by atoms with Crippen molar-refractivity contribution >= 4 is 0 Å². The third-order valence-corrected chi connectivity index (χ3v) is 3.19. The highest BCUT2D eigenvalue weighted by molar-refractivity contribution is 5.34. The van der Waals surface area contributed by atoms with Crippen LogP contribution in [-0.4, -0.2) is 19.8 Å². The Morgan fingerprint density at radius 3 is 2.29 bits per heavy atom. The molecule has 0 bridgehead atoms. The minimum Gasteiger partial charge on any atom is -0.490 e. The molecule has 0 saturated heterocycles. The average molecular weight is 285 g/mol. The standard InChI is InChI=1S/C18H23NO2/c1-14-11-15(2)13-17(12-14)20-9-10-21-18-6-4-3-5-16(18)7-8-19/h3-6,11-13H,7-10,19H2,1-2H3. The molecule has 0 radical (unpaired) electrons. The summed E-state index contributed by atoms with van der Waals surface area (Å²) in [5.41, 5.74) is 9.17. The van der Waals surface area contributed by atoms with Crippen LogP contribution in [0.5, 0.6) is 11.5 Å². The van der Waals surface area contributed by atoms with Crippen LogP contribution in [0.1, 0.15) is 16.7 Å². The van der Waals surface area contributed by atoms with Gasteiger partial charge in [0.2, 0.25) is 0 Å². The molecule has 0 fully saturated rings. The van der Waals surface area contributed by atoms with Gasteiger partial charge in [0.05, 0.1) is 0 Å². The van der Waals surface area contributed by atoms with Gasteiger partial charge in [-0.3, -0.25) is 0 Å². The smallest absolute Gasteiger partial charge is 0.122 e. The lowest BCUT2D eigenvalue weighted by Gasteiger charge is -2.12. The van der Waals surface area contributed by atoms with Gasteiger partial charge in [-0.1, -0.05) is 24.3 Å². The first-order chi connectivity index (χ1) is 10.2. The Balaban J connectivity index is 1.84. The Morgan fingerprint density at radius 2 is 1.57 bits per heavy atom. The zero-order valence-corrected chi connectivity index (χ0v) is 12.8. The number of para-hydroxylation sites is 1. The fourth-order valence-electron chi connectivity index (χ4n) is 2.33. The number of aryl methyl sites for hydroxylation is 2. The van der Waals surface area contributed by atoms with Crippen LogP contribution in [0.25, 0.3) is 0 Å². The van der Waals surface area contributed by atoms with Crippen molar-refractivity contribution in [1.82, 2.24) is 0 Å². The molecule has 0 spiro atoms. The summed E-state index contributed by atoms with van der Waals surface area (Å²) in [5, 5.41) is 0. The summed E-state index contributed by atoms with van der Waals surface area (Å²) in [7, 11) is 0. The molecule has 0 aliphatic carbocycles. The van der Waals surface area contributed by atoms with Crippen LogP contribution >= 0.6 is 0 Å². The van der Waals surface area contributed by atoms with E-state index in [0.717, 1.165) is 23.5 Å². The Morgan fingerprint density at radius 1 is 0.905 bits per heavy atom. The molecule has 0 saturated carbocycles. The summed E-state index contributed by atoms with van der Waals surface area (Å²) < 4.78 is 11.5. The molecule has 0 aliphatic heterocycles. The van der Waals surface area contributed by atoms with Gasteiger partial charge in [0.25, 0.3) is 0 Å². The summed E-state index contributed by atoms with van der Waals surface area (Å²) in [6.45, 7) is 5.81. The second kappa shape index (κ2) is 7.70. The molecule has 0 heterocycles. The first-order valence-electron chi connectivity index (χ1n) is 7.31. The predicted octanol–water partition coefficient (Wildman–Crippen LogP) is 3.26. The van der Waals surface area contributed by atoms with Gasteiger partial charge in [0.1, 0.15) is 24.7 Å².